The molecule has 0 saturated carbocycles. The van der Waals surface area contributed by atoms with Crippen molar-refractivity contribution in [3.63, 3.8) is 0 Å². The fourth-order valence-corrected chi connectivity index (χ4v) is 3.17. The lowest BCUT2D eigenvalue weighted by Gasteiger charge is -2.17. The SMILES string of the molecule is Cc1cn(CC(=O)N2C[C@@H](C(=O)O)[C@H](c3cccnc3)C2)c(=O)[nH]c1=O. The van der Waals surface area contributed by atoms with E-state index in [-0.39, 0.29) is 31.5 Å². The second kappa shape index (κ2) is 6.95. The van der Waals surface area contributed by atoms with E-state index >= 15 is 0 Å². The normalized spacial score (nSPS) is 19.5. The Balaban J connectivity index is 1.81. The number of carbonyl (C=O) groups excluding carboxylic acids is 1. The second-order valence-corrected chi connectivity index (χ2v) is 6.34. The van der Waals surface area contributed by atoms with Crippen LogP contribution in [0.25, 0.3) is 0 Å². The Hall–Kier alpha value is -3.23. The Morgan fingerprint density at radius 3 is 2.77 bits per heavy atom. The summed E-state index contributed by atoms with van der Waals surface area (Å²) in [5.74, 6) is -2.46. The number of aliphatic carboxylic acids is 1. The predicted octanol–water partition coefficient (Wildman–Crippen LogP) is -0.433. The molecular weight excluding hydrogens is 340 g/mol. The Morgan fingerprint density at radius 1 is 1.35 bits per heavy atom. The van der Waals surface area contributed by atoms with Crippen LogP contribution in [-0.4, -0.2) is 49.5 Å². The van der Waals surface area contributed by atoms with Crippen molar-refractivity contribution < 1.29 is 14.7 Å². The molecule has 2 aromatic rings. The van der Waals surface area contributed by atoms with E-state index in [2.05, 4.69) is 9.97 Å². The van der Waals surface area contributed by atoms with Crippen molar-refractivity contribution in [2.24, 2.45) is 5.92 Å². The lowest BCUT2D eigenvalue weighted by atomic mass is 9.90. The van der Waals surface area contributed by atoms with Crippen LogP contribution in [-0.2, 0) is 16.1 Å². The van der Waals surface area contributed by atoms with Crippen LogP contribution < -0.4 is 11.2 Å². The van der Waals surface area contributed by atoms with E-state index in [4.69, 9.17) is 0 Å². The third-order valence-corrected chi connectivity index (χ3v) is 4.60. The summed E-state index contributed by atoms with van der Waals surface area (Å²) in [6.45, 7) is 1.57. The van der Waals surface area contributed by atoms with E-state index in [0.717, 1.165) is 10.1 Å². The molecule has 3 rings (SSSR count). The van der Waals surface area contributed by atoms with Crippen molar-refractivity contribution in [3.8, 4) is 0 Å². The summed E-state index contributed by atoms with van der Waals surface area (Å²) in [5, 5.41) is 9.49. The van der Waals surface area contributed by atoms with E-state index in [1.54, 1.807) is 24.5 Å². The molecule has 0 unspecified atom stereocenters. The molecule has 1 saturated heterocycles. The summed E-state index contributed by atoms with van der Waals surface area (Å²) in [6, 6.07) is 3.51. The fourth-order valence-electron chi connectivity index (χ4n) is 3.17. The van der Waals surface area contributed by atoms with Gasteiger partial charge in [0.15, 0.2) is 0 Å². The maximum Gasteiger partial charge on any atom is 0.328 e. The maximum absolute atomic E-state index is 12.6. The molecule has 2 aromatic heterocycles. The van der Waals surface area contributed by atoms with Gasteiger partial charge < -0.3 is 10.0 Å². The van der Waals surface area contributed by atoms with Crippen molar-refractivity contribution >= 4 is 11.9 Å². The Labute approximate surface area is 147 Å². The Bertz CT molecular complexity index is 950. The molecule has 0 bridgehead atoms. The van der Waals surface area contributed by atoms with Crippen LogP contribution in [0, 0.1) is 12.8 Å². The van der Waals surface area contributed by atoms with E-state index in [0.29, 0.717) is 5.56 Å². The van der Waals surface area contributed by atoms with Gasteiger partial charge in [-0.15, -0.1) is 0 Å². The number of carboxylic acids is 1. The summed E-state index contributed by atoms with van der Waals surface area (Å²) in [5.41, 5.74) is -0.100. The minimum atomic E-state index is -0.980. The highest BCUT2D eigenvalue weighted by atomic mass is 16.4. The molecule has 0 aromatic carbocycles. The van der Waals surface area contributed by atoms with E-state index < -0.39 is 23.1 Å². The fraction of sp³-hybridized carbons (Fsp3) is 0.353. The summed E-state index contributed by atoms with van der Waals surface area (Å²) >= 11 is 0. The number of aromatic nitrogens is 3. The highest BCUT2D eigenvalue weighted by Crippen LogP contribution is 2.32. The summed E-state index contributed by atoms with van der Waals surface area (Å²) in [7, 11) is 0. The monoisotopic (exact) mass is 358 g/mol. The lowest BCUT2D eigenvalue weighted by molar-refractivity contribution is -0.141. The number of aryl methyl sites for hydroxylation is 1. The average Bonchev–Trinajstić information content (AvgIpc) is 3.06. The molecule has 9 nitrogen and oxygen atoms in total. The van der Waals surface area contributed by atoms with Gasteiger partial charge in [-0.1, -0.05) is 6.07 Å². The number of carbonyl (C=O) groups is 2. The van der Waals surface area contributed by atoms with Crippen LogP contribution in [0.4, 0.5) is 0 Å². The van der Waals surface area contributed by atoms with Crippen LogP contribution in [0.5, 0.6) is 0 Å². The molecule has 1 aliphatic heterocycles. The van der Waals surface area contributed by atoms with Gasteiger partial charge in [0.05, 0.1) is 5.92 Å². The standard InChI is InChI=1S/C17H18N4O5/c1-10-6-21(17(26)19-15(10)23)9-14(22)20-7-12(13(8-20)16(24)25)11-3-2-4-18-5-11/h2-6,12-13H,7-9H2,1H3,(H,24,25)(H,19,23,26)/t12-,13+/m0/s1. The number of hydrogen-bond acceptors (Lipinski definition) is 5. The number of aromatic amines is 1. The van der Waals surface area contributed by atoms with Crippen molar-refractivity contribution in [1.82, 2.24) is 19.4 Å². The van der Waals surface area contributed by atoms with Crippen molar-refractivity contribution in [1.29, 1.82) is 0 Å². The first-order chi connectivity index (χ1) is 12.4. The Morgan fingerprint density at radius 2 is 2.12 bits per heavy atom. The quantitative estimate of drug-likeness (QED) is 0.764. The zero-order valence-corrected chi connectivity index (χ0v) is 14.1. The first-order valence-electron chi connectivity index (χ1n) is 8.07. The van der Waals surface area contributed by atoms with Gasteiger partial charge in [0.1, 0.15) is 6.54 Å². The molecule has 3 heterocycles. The molecule has 1 aliphatic rings. The zero-order valence-electron chi connectivity index (χ0n) is 14.1. The number of likely N-dealkylation sites (tertiary alicyclic amines) is 1. The van der Waals surface area contributed by atoms with Crippen LogP contribution >= 0.6 is 0 Å². The van der Waals surface area contributed by atoms with Crippen LogP contribution in [0.2, 0.25) is 0 Å². The molecule has 0 spiro atoms. The molecule has 136 valence electrons. The average molecular weight is 358 g/mol. The van der Waals surface area contributed by atoms with Gasteiger partial charge in [-0.25, -0.2) is 4.79 Å². The number of rotatable bonds is 4. The van der Waals surface area contributed by atoms with E-state index in [1.165, 1.54) is 18.0 Å². The first-order valence-corrected chi connectivity index (χ1v) is 8.07. The van der Waals surface area contributed by atoms with Crippen molar-refractivity contribution in [2.45, 2.75) is 19.4 Å². The minimum absolute atomic E-state index is 0.0603. The maximum atomic E-state index is 12.6. The van der Waals surface area contributed by atoms with Crippen LogP contribution in [0.1, 0.15) is 17.0 Å². The van der Waals surface area contributed by atoms with Gasteiger partial charge >= 0.3 is 11.7 Å². The molecule has 1 amide bonds. The molecule has 0 aliphatic carbocycles. The topological polar surface area (TPSA) is 125 Å². The molecule has 26 heavy (non-hydrogen) atoms. The molecule has 9 heteroatoms. The predicted molar refractivity (Wildman–Crippen MR) is 90.7 cm³/mol. The number of hydrogen-bond donors (Lipinski definition) is 2. The van der Waals surface area contributed by atoms with Gasteiger partial charge in [0.25, 0.3) is 5.56 Å². The number of H-pyrrole nitrogens is 1. The number of carboxylic acid groups (broad SMARTS) is 1. The number of amides is 1. The van der Waals surface area contributed by atoms with E-state index in [1.807, 2.05) is 0 Å². The third kappa shape index (κ3) is 3.41. The summed E-state index contributed by atoms with van der Waals surface area (Å²) in [4.78, 5) is 55.0. The number of nitrogens with one attached hydrogen (secondary N) is 1. The van der Waals surface area contributed by atoms with Crippen molar-refractivity contribution in [2.75, 3.05) is 13.1 Å². The molecule has 1 fully saturated rings. The second-order valence-electron chi connectivity index (χ2n) is 6.34. The largest absolute Gasteiger partial charge is 0.481 e. The molecular formula is C17H18N4O5. The summed E-state index contributed by atoms with van der Waals surface area (Å²) < 4.78 is 1.12. The summed E-state index contributed by atoms with van der Waals surface area (Å²) in [6.07, 6.45) is 4.52. The van der Waals surface area contributed by atoms with Crippen molar-refractivity contribution in [3.05, 3.63) is 62.7 Å². The van der Waals surface area contributed by atoms with E-state index in [9.17, 15) is 24.3 Å². The number of pyridine rings is 1. The Kier molecular flexibility index (Phi) is 4.70. The smallest absolute Gasteiger partial charge is 0.328 e. The third-order valence-electron chi connectivity index (χ3n) is 4.60. The van der Waals surface area contributed by atoms with Gasteiger partial charge in [0, 0.05) is 43.2 Å². The van der Waals surface area contributed by atoms with Crippen LogP contribution in [0.15, 0.2) is 40.3 Å². The highest BCUT2D eigenvalue weighted by Gasteiger charge is 2.40. The first kappa shape index (κ1) is 17.6. The molecule has 2 N–H and O–H groups in total. The van der Waals surface area contributed by atoms with Gasteiger partial charge in [-0.3, -0.25) is 28.9 Å². The number of nitrogens with zero attached hydrogens (tertiary/aromatic N) is 3. The minimum Gasteiger partial charge on any atom is -0.481 e. The lowest BCUT2D eigenvalue weighted by Crippen LogP contribution is -2.38. The van der Waals surface area contributed by atoms with Gasteiger partial charge in [0.2, 0.25) is 5.91 Å². The molecule has 2 atom stereocenters. The van der Waals surface area contributed by atoms with Gasteiger partial charge in [-0.2, -0.15) is 0 Å². The zero-order chi connectivity index (χ0) is 18.8. The van der Waals surface area contributed by atoms with Crippen LogP contribution in [0.3, 0.4) is 0 Å². The molecule has 0 radical (unpaired) electrons. The van der Waals surface area contributed by atoms with Gasteiger partial charge in [-0.05, 0) is 18.6 Å². The highest BCUT2D eigenvalue weighted by molar-refractivity contribution is 5.79.